The number of pyridine rings is 1. The fraction of sp³-hybridized carbons (Fsp3) is 0.133. The third kappa shape index (κ3) is 3.85. The summed E-state index contributed by atoms with van der Waals surface area (Å²) in [4.78, 5) is 27.3. The van der Waals surface area contributed by atoms with Crippen LogP contribution in [0, 0.1) is 17.5 Å². The summed E-state index contributed by atoms with van der Waals surface area (Å²) in [6.45, 7) is 1.24. The van der Waals surface area contributed by atoms with E-state index < -0.39 is 41.1 Å². The molecule has 8 heteroatoms. The maximum Gasteiger partial charge on any atom is 0.357 e. The molecule has 0 saturated heterocycles. The number of anilines is 1. The Morgan fingerprint density at radius 1 is 1.13 bits per heavy atom. The lowest BCUT2D eigenvalue weighted by molar-refractivity contribution is -0.123. The van der Waals surface area contributed by atoms with Gasteiger partial charge < -0.3 is 10.1 Å². The van der Waals surface area contributed by atoms with Crippen molar-refractivity contribution in [3.63, 3.8) is 0 Å². The van der Waals surface area contributed by atoms with Crippen LogP contribution in [0.25, 0.3) is 0 Å². The Kier molecular flexibility index (Phi) is 4.95. The highest BCUT2D eigenvalue weighted by molar-refractivity contribution is 5.96. The van der Waals surface area contributed by atoms with Crippen LogP contribution in [0.4, 0.5) is 18.9 Å². The number of ether oxygens (including phenoxy) is 1. The molecule has 1 aromatic carbocycles. The molecule has 1 aromatic heterocycles. The highest BCUT2D eigenvalue weighted by Gasteiger charge is 2.22. The predicted octanol–water partition coefficient (Wildman–Crippen LogP) is 2.68. The van der Waals surface area contributed by atoms with Gasteiger partial charge in [-0.1, -0.05) is 6.07 Å². The van der Waals surface area contributed by atoms with E-state index in [0.29, 0.717) is 6.07 Å². The topological polar surface area (TPSA) is 68.3 Å². The van der Waals surface area contributed by atoms with Gasteiger partial charge in [0.2, 0.25) is 0 Å². The van der Waals surface area contributed by atoms with Gasteiger partial charge in [0.05, 0.1) is 5.69 Å². The Morgan fingerprint density at radius 3 is 2.52 bits per heavy atom. The molecule has 0 bridgehead atoms. The zero-order chi connectivity index (χ0) is 17.0. The van der Waals surface area contributed by atoms with E-state index in [0.717, 1.165) is 6.07 Å². The lowest BCUT2D eigenvalue weighted by Gasteiger charge is -2.13. The number of hydrogen-bond acceptors (Lipinski definition) is 4. The predicted molar refractivity (Wildman–Crippen MR) is 74.1 cm³/mol. The van der Waals surface area contributed by atoms with E-state index in [9.17, 15) is 22.8 Å². The summed E-state index contributed by atoms with van der Waals surface area (Å²) < 4.78 is 44.2. The molecule has 23 heavy (non-hydrogen) atoms. The molecule has 0 unspecified atom stereocenters. The van der Waals surface area contributed by atoms with E-state index in [2.05, 4.69) is 4.98 Å². The summed E-state index contributed by atoms with van der Waals surface area (Å²) in [6, 6.07) is 6.07. The molecule has 1 N–H and O–H groups in total. The number of benzene rings is 1. The van der Waals surface area contributed by atoms with Crippen LogP contribution in [0.5, 0.6) is 0 Å². The second-order valence-corrected chi connectivity index (χ2v) is 4.47. The minimum Gasteiger partial charge on any atom is -0.448 e. The highest BCUT2D eigenvalue weighted by atomic mass is 19.2. The summed E-state index contributed by atoms with van der Waals surface area (Å²) >= 11 is 0. The van der Waals surface area contributed by atoms with Crippen molar-refractivity contribution in [3.8, 4) is 0 Å². The molecule has 120 valence electrons. The number of carbonyl (C=O) groups excluding carboxylic acids is 2. The first-order chi connectivity index (χ1) is 10.9. The second-order valence-electron chi connectivity index (χ2n) is 4.47. The Balaban J connectivity index is 2.03. The van der Waals surface area contributed by atoms with Crippen molar-refractivity contribution in [3.05, 3.63) is 59.7 Å². The summed E-state index contributed by atoms with van der Waals surface area (Å²) in [5.74, 6) is -6.38. The zero-order valence-electron chi connectivity index (χ0n) is 11.8. The molecule has 1 amide bonds. The lowest BCUT2D eigenvalue weighted by atomic mass is 10.2. The van der Waals surface area contributed by atoms with Crippen LogP contribution >= 0.6 is 0 Å². The smallest absolute Gasteiger partial charge is 0.357 e. The summed E-state index contributed by atoms with van der Waals surface area (Å²) in [5.41, 5.74) is -0.569. The Labute approximate surface area is 129 Å². The summed E-state index contributed by atoms with van der Waals surface area (Å²) in [5, 5.41) is 2.02. The van der Waals surface area contributed by atoms with Gasteiger partial charge in [0.25, 0.3) is 5.91 Å². The fourth-order valence-corrected chi connectivity index (χ4v) is 1.61. The standard InChI is InChI=1S/C15H11F3N2O3/c1-8(23-15(22)11-4-2-3-7-19-11)14(21)20-10-6-5-9(16)12(17)13(10)18/h2-8H,1H3,(H,20,21)/t8-/m1/s1. The van der Waals surface area contributed by atoms with Crippen LogP contribution in [-0.2, 0) is 9.53 Å². The number of nitrogens with zero attached hydrogens (tertiary/aromatic N) is 1. The number of esters is 1. The number of hydrogen-bond donors (Lipinski definition) is 1. The van der Waals surface area contributed by atoms with Crippen LogP contribution in [-0.4, -0.2) is 23.0 Å². The molecule has 0 aliphatic carbocycles. The number of carbonyl (C=O) groups is 2. The van der Waals surface area contributed by atoms with Crippen molar-refractivity contribution in [2.24, 2.45) is 0 Å². The first-order valence-corrected chi connectivity index (χ1v) is 6.46. The van der Waals surface area contributed by atoms with Gasteiger partial charge >= 0.3 is 5.97 Å². The third-order valence-corrected chi connectivity index (χ3v) is 2.82. The van der Waals surface area contributed by atoms with Crippen LogP contribution < -0.4 is 5.32 Å². The van der Waals surface area contributed by atoms with Gasteiger partial charge in [-0.3, -0.25) is 4.79 Å². The van der Waals surface area contributed by atoms with Gasteiger partial charge in [0.15, 0.2) is 23.6 Å². The second kappa shape index (κ2) is 6.91. The van der Waals surface area contributed by atoms with Gasteiger partial charge in [0, 0.05) is 6.20 Å². The molecule has 0 saturated carbocycles. The average Bonchev–Trinajstić information content (AvgIpc) is 2.56. The fourth-order valence-electron chi connectivity index (χ4n) is 1.61. The van der Waals surface area contributed by atoms with Crippen molar-refractivity contribution >= 4 is 17.6 Å². The molecule has 1 atom stereocenters. The molecule has 2 aromatic rings. The van der Waals surface area contributed by atoms with E-state index in [1.54, 1.807) is 12.1 Å². The van der Waals surface area contributed by atoms with Crippen LogP contribution in [0.15, 0.2) is 36.5 Å². The van der Waals surface area contributed by atoms with Crippen molar-refractivity contribution in [1.29, 1.82) is 0 Å². The normalized spacial score (nSPS) is 11.7. The van der Waals surface area contributed by atoms with Gasteiger partial charge in [-0.05, 0) is 31.2 Å². The molecule has 2 rings (SSSR count). The van der Waals surface area contributed by atoms with Crippen molar-refractivity contribution in [2.45, 2.75) is 13.0 Å². The zero-order valence-corrected chi connectivity index (χ0v) is 11.8. The minimum absolute atomic E-state index is 0.00819. The number of aromatic nitrogens is 1. The van der Waals surface area contributed by atoms with Crippen LogP contribution in [0.3, 0.4) is 0 Å². The van der Waals surface area contributed by atoms with Crippen LogP contribution in [0.2, 0.25) is 0 Å². The third-order valence-electron chi connectivity index (χ3n) is 2.82. The van der Waals surface area contributed by atoms with Gasteiger partial charge in [-0.2, -0.15) is 0 Å². The maximum atomic E-state index is 13.5. The Hall–Kier alpha value is -2.90. The molecular formula is C15H11F3N2O3. The molecule has 0 spiro atoms. The molecule has 0 fully saturated rings. The first kappa shape index (κ1) is 16.5. The lowest BCUT2D eigenvalue weighted by Crippen LogP contribution is -2.30. The Morgan fingerprint density at radius 2 is 1.87 bits per heavy atom. The van der Waals surface area contributed by atoms with Gasteiger partial charge in [-0.15, -0.1) is 0 Å². The number of halogens is 3. The summed E-state index contributed by atoms with van der Waals surface area (Å²) in [7, 11) is 0. The molecule has 0 aliphatic heterocycles. The number of nitrogens with one attached hydrogen (secondary N) is 1. The van der Waals surface area contributed by atoms with Gasteiger partial charge in [0.1, 0.15) is 5.69 Å². The van der Waals surface area contributed by atoms with E-state index in [1.807, 2.05) is 5.32 Å². The van der Waals surface area contributed by atoms with E-state index >= 15 is 0 Å². The minimum atomic E-state index is -1.71. The van der Waals surface area contributed by atoms with Gasteiger partial charge in [-0.25, -0.2) is 22.9 Å². The largest absolute Gasteiger partial charge is 0.448 e. The molecule has 0 radical (unpaired) electrons. The van der Waals surface area contributed by atoms with E-state index in [-0.39, 0.29) is 5.69 Å². The monoisotopic (exact) mass is 324 g/mol. The average molecular weight is 324 g/mol. The quantitative estimate of drug-likeness (QED) is 0.693. The van der Waals surface area contributed by atoms with E-state index in [4.69, 9.17) is 4.74 Å². The van der Waals surface area contributed by atoms with Crippen LogP contribution in [0.1, 0.15) is 17.4 Å². The molecule has 0 aliphatic rings. The highest BCUT2D eigenvalue weighted by Crippen LogP contribution is 2.20. The first-order valence-electron chi connectivity index (χ1n) is 6.46. The van der Waals surface area contributed by atoms with Crippen molar-refractivity contribution in [2.75, 3.05) is 5.32 Å². The van der Waals surface area contributed by atoms with Crippen molar-refractivity contribution in [1.82, 2.24) is 4.98 Å². The molecular weight excluding hydrogens is 313 g/mol. The molecule has 1 heterocycles. The number of rotatable bonds is 4. The van der Waals surface area contributed by atoms with Crippen molar-refractivity contribution < 1.29 is 27.5 Å². The summed E-state index contributed by atoms with van der Waals surface area (Å²) in [6.07, 6.45) is 0.0786. The maximum absolute atomic E-state index is 13.5. The van der Waals surface area contributed by atoms with E-state index in [1.165, 1.54) is 19.2 Å². The number of amides is 1. The Bertz CT molecular complexity index is 738. The molecule has 5 nitrogen and oxygen atoms in total. The SMILES string of the molecule is C[C@@H](OC(=O)c1ccccn1)C(=O)Nc1ccc(F)c(F)c1F.